The topological polar surface area (TPSA) is 42.7 Å². The van der Waals surface area contributed by atoms with Gasteiger partial charge in [-0.15, -0.1) is 11.3 Å². The maximum Gasteiger partial charge on any atom is 0.247 e. The Balaban J connectivity index is 1.56. The number of carbonyl (C=O) groups is 1. The number of amides is 1. The molecule has 0 aliphatic carbocycles. The molecule has 0 spiro atoms. The van der Waals surface area contributed by atoms with Crippen LogP contribution in [0.3, 0.4) is 0 Å². The summed E-state index contributed by atoms with van der Waals surface area (Å²) in [6.07, 6.45) is 5.22. The molecular formula is C21H21NO3S. The van der Waals surface area contributed by atoms with E-state index in [-0.39, 0.29) is 11.9 Å². The van der Waals surface area contributed by atoms with Gasteiger partial charge in [-0.3, -0.25) is 4.79 Å². The second-order valence-electron chi connectivity index (χ2n) is 6.37. The molecule has 0 radical (unpaired) electrons. The van der Waals surface area contributed by atoms with Gasteiger partial charge in [0.1, 0.15) is 5.76 Å². The molecule has 26 heavy (non-hydrogen) atoms. The van der Waals surface area contributed by atoms with Crippen molar-refractivity contribution in [2.75, 3.05) is 13.7 Å². The SMILES string of the molecule is CCC1c2ccsc2CCN1C(=O)/C=C/c1cc2cccc(OC)c2o1. The van der Waals surface area contributed by atoms with Crippen LogP contribution in [0.25, 0.3) is 17.0 Å². The zero-order valence-electron chi connectivity index (χ0n) is 14.9. The molecule has 0 fully saturated rings. The molecule has 1 aliphatic rings. The lowest BCUT2D eigenvalue weighted by molar-refractivity contribution is -0.128. The zero-order chi connectivity index (χ0) is 18.1. The molecule has 1 aliphatic heterocycles. The number of hydrogen-bond acceptors (Lipinski definition) is 4. The third kappa shape index (κ3) is 2.92. The van der Waals surface area contributed by atoms with Crippen LogP contribution in [0.1, 0.15) is 35.6 Å². The number of thiophene rings is 1. The molecule has 3 heterocycles. The zero-order valence-corrected chi connectivity index (χ0v) is 15.7. The summed E-state index contributed by atoms with van der Waals surface area (Å²) in [5.74, 6) is 1.38. The minimum absolute atomic E-state index is 0.0288. The van der Waals surface area contributed by atoms with Crippen LogP contribution in [0, 0.1) is 0 Å². The molecule has 0 saturated carbocycles. The Hall–Kier alpha value is -2.53. The van der Waals surface area contributed by atoms with Crippen molar-refractivity contribution in [3.8, 4) is 5.75 Å². The van der Waals surface area contributed by atoms with Gasteiger partial charge in [0.2, 0.25) is 5.91 Å². The predicted octanol–water partition coefficient (Wildman–Crippen LogP) is 5.05. The van der Waals surface area contributed by atoms with Crippen LogP contribution in [0.5, 0.6) is 5.75 Å². The van der Waals surface area contributed by atoms with Crippen LogP contribution in [-0.4, -0.2) is 24.5 Å². The van der Waals surface area contributed by atoms with Gasteiger partial charge in [0.05, 0.1) is 13.2 Å². The monoisotopic (exact) mass is 367 g/mol. The fourth-order valence-electron chi connectivity index (χ4n) is 3.65. The minimum atomic E-state index is 0.0288. The summed E-state index contributed by atoms with van der Waals surface area (Å²) in [5, 5.41) is 3.09. The lowest BCUT2D eigenvalue weighted by Gasteiger charge is -2.34. The van der Waals surface area contributed by atoms with E-state index in [1.165, 1.54) is 10.4 Å². The number of benzene rings is 1. The fourth-order valence-corrected chi connectivity index (χ4v) is 4.58. The van der Waals surface area contributed by atoms with E-state index in [0.717, 1.165) is 24.8 Å². The van der Waals surface area contributed by atoms with Crippen molar-refractivity contribution in [1.29, 1.82) is 0 Å². The summed E-state index contributed by atoms with van der Waals surface area (Å²) >= 11 is 1.79. The van der Waals surface area contributed by atoms with Gasteiger partial charge >= 0.3 is 0 Å². The largest absolute Gasteiger partial charge is 0.493 e. The molecule has 0 bridgehead atoms. The van der Waals surface area contributed by atoms with Crippen molar-refractivity contribution in [1.82, 2.24) is 4.90 Å². The van der Waals surface area contributed by atoms with Crippen molar-refractivity contribution < 1.29 is 13.9 Å². The average Bonchev–Trinajstić information content (AvgIpc) is 3.31. The molecule has 134 valence electrons. The van der Waals surface area contributed by atoms with E-state index < -0.39 is 0 Å². The third-order valence-electron chi connectivity index (χ3n) is 4.90. The molecule has 2 aromatic heterocycles. The summed E-state index contributed by atoms with van der Waals surface area (Å²) < 4.78 is 11.2. The van der Waals surface area contributed by atoms with E-state index >= 15 is 0 Å². The predicted molar refractivity (Wildman–Crippen MR) is 105 cm³/mol. The molecule has 4 rings (SSSR count). The van der Waals surface area contributed by atoms with Crippen molar-refractivity contribution in [2.24, 2.45) is 0 Å². The third-order valence-corrected chi connectivity index (χ3v) is 5.90. The lowest BCUT2D eigenvalue weighted by Crippen LogP contribution is -2.38. The van der Waals surface area contributed by atoms with Crippen molar-refractivity contribution in [2.45, 2.75) is 25.8 Å². The molecule has 3 aromatic rings. The fraction of sp³-hybridized carbons (Fsp3) is 0.286. The van der Waals surface area contributed by atoms with Gasteiger partial charge in [0.15, 0.2) is 11.3 Å². The second-order valence-corrected chi connectivity index (χ2v) is 7.37. The van der Waals surface area contributed by atoms with Gasteiger partial charge in [-0.05, 0) is 48.1 Å². The van der Waals surface area contributed by atoms with Gasteiger partial charge < -0.3 is 14.1 Å². The average molecular weight is 367 g/mol. The second kappa shape index (κ2) is 7.00. The first-order valence-corrected chi connectivity index (χ1v) is 9.70. The molecule has 4 nitrogen and oxygen atoms in total. The quantitative estimate of drug-likeness (QED) is 0.606. The van der Waals surface area contributed by atoms with Gasteiger partial charge in [0, 0.05) is 22.9 Å². The Kier molecular flexibility index (Phi) is 4.55. The normalized spacial score (nSPS) is 17.0. The Labute approximate surface area is 156 Å². The number of fused-ring (bicyclic) bond motifs is 2. The summed E-state index contributed by atoms with van der Waals surface area (Å²) in [7, 11) is 1.62. The van der Waals surface area contributed by atoms with Crippen molar-refractivity contribution >= 4 is 34.3 Å². The number of nitrogens with zero attached hydrogens (tertiary/aromatic N) is 1. The summed E-state index contributed by atoms with van der Waals surface area (Å²) in [5.41, 5.74) is 2.01. The Morgan fingerprint density at radius 3 is 3.12 bits per heavy atom. The van der Waals surface area contributed by atoms with Crippen LogP contribution >= 0.6 is 11.3 Å². The molecule has 1 unspecified atom stereocenters. The van der Waals surface area contributed by atoms with Crippen molar-refractivity contribution in [3.63, 3.8) is 0 Å². The first-order chi connectivity index (χ1) is 12.7. The molecule has 0 saturated heterocycles. The first kappa shape index (κ1) is 16.9. The molecule has 5 heteroatoms. The highest BCUT2D eigenvalue weighted by Gasteiger charge is 2.29. The molecule has 1 atom stereocenters. The number of furan rings is 1. The molecule has 1 amide bonds. The maximum atomic E-state index is 12.8. The summed E-state index contributed by atoms with van der Waals surface area (Å²) in [6, 6.07) is 10.00. The highest BCUT2D eigenvalue weighted by molar-refractivity contribution is 7.10. The van der Waals surface area contributed by atoms with Gasteiger partial charge in [-0.1, -0.05) is 19.1 Å². The Bertz CT molecular complexity index is 969. The van der Waals surface area contributed by atoms with Gasteiger partial charge in [-0.25, -0.2) is 0 Å². The van der Waals surface area contributed by atoms with Crippen LogP contribution in [0.15, 0.2) is 46.2 Å². The summed E-state index contributed by atoms with van der Waals surface area (Å²) in [6.45, 7) is 2.90. The highest BCUT2D eigenvalue weighted by Crippen LogP contribution is 2.35. The van der Waals surface area contributed by atoms with Crippen LogP contribution in [0.2, 0.25) is 0 Å². The van der Waals surface area contributed by atoms with Gasteiger partial charge in [-0.2, -0.15) is 0 Å². The van der Waals surface area contributed by atoms with E-state index in [9.17, 15) is 4.79 Å². The first-order valence-electron chi connectivity index (χ1n) is 8.82. The standard InChI is InChI=1S/C21H21NO3S/c1-3-17-16-10-12-26-19(16)9-11-22(17)20(23)8-7-15-13-14-5-4-6-18(24-2)21(14)25-15/h4-8,10,12-13,17H,3,9,11H2,1-2H3/b8-7+. The Morgan fingerprint density at radius 2 is 2.31 bits per heavy atom. The molecule has 1 aromatic carbocycles. The van der Waals surface area contributed by atoms with Crippen LogP contribution in [-0.2, 0) is 11.2 Å². The van der Waals surface area contributed by atoms with E-state index in [2.05, 4.69) is 18.4 Å². The number of rotatable bonds is 4. The minimum Gasteiger partial charge on any atom is -0.493 e. The number of hydrogen-bond donors (Lipinski definition) is 0. The Morgan fingerprint density at radius 1 is 1.42 bits per heavy atom. The number of para-hydroxylation sites is 1. The molecular weight excluding hydrogens is 346 g/mol. The van der Waals surface area contributed by atoms with E-state index in [1.807, 2.05) is 29.2 Å². The number of carbonyl (C=O) groups excluding carboxylic acids is 1. The number of ether oxygens (including phenoxy) is 1. The smallest absolute Gasteiger partial charge is 0.247 e. The highest BCUT2D eigenvalue weighted by atomic mass is 32.1. The lowest BCUT2D eigenvalue weighted by atomic mass is 9.97. The van der Waals surface area contributed by atoms with Crippen molar-refractivity contribution in [3.05, 3.63) is 58.0 Å². The van der Waals surface area contributed by atoms with E-state index in [4.69, 9.17) is 9.15 Å². The molecule has 0 N–H and O–H groups in total. The van der Waals surface area contributed by atoms with E-state index in [1.54, 1.807) is 30.6 Å². The van der Waals surface area contributed by atoms with E-state index in [0.29, 0.717) is 17.1 Å². The summed E-state index contributed by atoms with van der Waals surface area (Å²) in [4.78, 5) is 16.2. The number of methoxy groups -OCH3 is 1. The van der Waals surface area contributed by atoms with Crippen LogP contribution in [0.4, 0.5) is 0 Å². The van der Waals surface area contributed by atoms with Gasteiger partial charge in [0.25, 0.3) is 0 Å². The van der Waals surface area contributed by atoms with Crippen LogP contribution < -0.4 is 4.74 Å². The maximum absolute atomic E-state index is 12.8.